The smallest absolute Gasteiger partial charge is 0.266 e. The molecule has 0 saturated carbocycles. The van der Waals surface area contributed by atoms with Crippen LogP contribution in [0.3, 0.4) is 0 Å². The quantitative estimate of drug-likeness (QED) is 0.150. The molecular weight excluding hydrogens is 608 g/mol. The molecular formula is C36H35ClN2O5S. The van der Waals surface area contributed by atoms with Crippen molar-refractivity contribution in [3.8, 4) is 22.5 Å². The summed E-state index contributed by atoms with van der Waals surface area (Å²) in [4.78, 5) is 12.5. The molecule has 0 radical (unpaired) electrons. The number of carbonyl (C=O) groups is 1. The predicted molar refractivity (Wildman–Crippen MR) is 178 cm³/mol. The highest BCUT2D eigenvalue weighted by atomic mass is 35.5. The summed E-state index contributed by atoms with van der Waals surface area (Å²) in [6.45, 7) is 6.37. The third kappa shape index (κ3) is 8.48. The fourth-order valence-corrected chi connectivity index (χ4v) is 5.58. The summed E-state index contributed by atoms with van der Waals surface area (Å²) in [6.07, 6.45) is 0.612. The van der Waals surface area contributed by atoms with Gasteiger partial charge in [0.15, 0.2) is 5.76 Å². The Bertz CT molecular complexity index is 1860. The van der Waals surface area contributed by atoms with E-state index in [1.807, 2.05) is 66.7 Å². The van der Waals surface area contributed by atoms with Crippen molar-refractivity contribution in [1.29, 1.82) is 0 Å². The van der Waals surface area contributed by atoms with E-state index in [4.69, 9.17) is 20.7 Å². The molecule has 0 aliphatic heterocycles. The number of nitrogens with zero attached hydrogens (tertiary/aromatic N) is 1. The number of carbonyl (C=O) groups excluding carboxylic acids is 1. The molecule has 4 aromatic carbocycles. The van der Waals surface area contributed by atoms with Crippen LogP contribution < -0.4 is 5.32 Å². The molecule has 2 N–H and O–H groups in total. The van der Waals surface area contributed by atoms with E-state index in [0.29, 0.717) is 22.8 Å². The van der Waals surface area contributed by atoms with E-state index in [1.54, 1.807) is 12.1 Å². The van der Waals surface area contributed by atoms with Gasteiger partial charge in [-0.1, -0.05) is 110 Å². The van der Waals surface area contributed by atoms with Gasteiger partial charge in [0.25, 0.3) is 16.0 Å². The number of amides is 1. The van der Waals surface area contributed by atoms with E-state index >= 15 is 0 Å². The van der Waals surface area contributed by atoms with Crippen LogP contribution in [0.25, 0.3) is 22.5 Å². The first-order valence-electron chi connectivity index (χ1n) is 14.6. The highest BCUT2D eigenvalue weighted by Crippen LogP contribution is 2.33. The van der Waals surface area contributed by atoms with E-state index in [2.05, 4.69) is 55.5 Å². The summed E-state index contributed by atoms with van der Waals surface area (Å²) in [5, 5.41) is 7.71. The maximum atomic E-state index is 12.5. The van der Waals surface area contributed by atoms with Gasteiger partial charge in [0.05, 0.1) is 11.4 Å². The average Bonchev–Trinajstić information content (AvgIpc) is 3.50. The molecule has 0 aliphatic carbocycles. The Kier molecular flexibility index (Phi) is 9.58. The van der Waals surface area contributed by atoms with Gasteiger partial charge < -0.3 is 9.84 Å². The lowest BCUT2D eigenvalue weighted by molar-refractivity contribution is 0.0956. The van der Waals surface area contributed by atoms with Crippen LogP contribution in [0.15, 0.2) is 108 Å². The fourth-order valence-electron chi connectivity index (χ4n) is 5.09. The number of rotatable bonds is 10. The van der Waals surface area contributed by atoms with Crippen LogP contribution in [0.4, 0.5) is 0 Å². The molecule has 1 unspecified atom stereocenters. The van der Waals surface area contributed by atoms with Crippen molar-refractivity contribution in [3.63, 3.8) is 0 Å². The Balaban J connectivity index is 1.38. The van der Waals surface area contributed by atoms with E-state index in [-0.39, 0.29) is 17.9 Å². The van der Waals surface area contributed by atoms with Crippen LogP contribution in [0.5, 0.6) is 0 Å². The normalized spacial score (nSPS) is 12.6. The van der Waals surface area contributed by atoms with Crippen LogP contribution in [-0.4, -0.2) is 36.3 Å². The van der Waals surface area contributed by atoms with Crippen molar-refractivity contribution in [2.45, 2.75) is 38.5 Å². The fraction of sp³-hybridized carbons (Fsp3) is 0.222. The summed E-state index contributed by atoms with van der Waals surface area (Å²) in [6, 6.07) is 33.6. The van der Waals surface area contributed by atoms with Crippen molar-refractivity contribution in [2.75, 3.05) is 12.3 Å². The van der Waals surface area contributed by atoms with Gasteiger partial charge in [0, 0.05) is 34.7 Å². The molecule has 0 fully saturated rings. The molecule has 9 heteroatoms. The first kappa shape index (κ1) is 32.2. The maximum absolute atomic E-state index is 12.5. The molecule has 5 rings (SSSR count). The number of halogens is 1. The van der Waals surface area contributed by atoms with Gasteiger partial charge in [-0.3, -0.25) is 9.35 Å². The van der Waals surface area contributed by atoms with Crippen molar-refractivity contribution >= 4 is 27.6 Å². The summed E-state index contributed by atoms with van der Waals surface area (Å²) < 4.78 is 36.6. The number of benzene rings is 4. The van der Waals surface area contributed by atoms with Crippen LogP contribution in [0.1, 0.15) is 59.4 Å². The van der Waals surface area contributed by atoms with E-state index < -0.39 is 21.8 Å². The predicted octanol–water partition coefficient (Wildman–Crippen LogP) is 7.95. The molecule has 1 aromatic heterocycles. The van der Waals surface area contributed by atoms with E-state index in [1.165, 1.54) is 5.56 Å². The summed E-state index contributed by atoms with van der Waals surface area (Å²) >= 11 is 6.04. The SMILES string of the molecule is CC(C)(C)c1ccc(C(Cc2ccc(C(=O)NCCS(=O)(=O)O)cc2)c2cc(-c3ccc(-c4ccc(Cl)cc4)cc3)on2)cc1. The van der Waals surface area contributed by atoms with Gasteiger partial charge in [-0.15, -0.1) is 0 Å². The second-order valence-electron chi connectivity index (χ2n) is 12.1. The monoisotopic (exact) mass is 642 g/mol. The molecule has 232 valence electrons. The van der Waals surface area contributed by atoms with Crippen LogP contribution >= 0.6 is 11.6 Å². The van der Waals surface area contributed by atoms with E-state index in [0.717, 1.165) is 33.5 Å². The number of aromatic nitrogens is 1. The molecule has 0 bridgehead atoms. The second kappa shape index (κ2) is 13.4. The van der Waals surface area contributed by atoms with Crippen LogP contribution in [0.2, 0.25) is 5.02 Å². The van der Waals surface area contributed by atoms with E-state index in [9.17, 15) is 13.2 Å². The van der Waals surface area contributed by atoms with Crippen molar-refractivity contribution in [1.82, 2.24) is 10.5 Å². The minimum absolute atomic E-state index is 0.0189. The molecule has 1 heterocycles. The standard InChI is InChI=1S/C36H35ClN2O5S/c1-36(2,3)30-16-12-27(13-17-30)32(22-24-4-6-29(7-5-24)35(40)38-20-21-45(41,42)43)33-23-34(44-39-33)28-10-8-25(9-11-28)26-14-18-31(37)19-15-26/h4-19,23,32H,20-22H2,1-3H3,(H,38,40)(H,41,42,43). The average molecular weight is 643 g/mol. The largest absolute Gasteiger partial charge is 0.356 e. The van der Waals surface area contributed by atoms with Crippen LogP contribution in [0, 0.1) is 0 Å². The van der Waals surface area contributed by atoms with Gasteiger partial charge in [0.1, 0.15) is 0 Å². The lowest BCUT2D eigenvalue weighted by Crippen LogP contribution is -2.28. The Morgan fingerprint density at radius 1 is 0.867 bits per heavy atom. The summed E-state index contributed by atoms with van der Waals surface area (Å²) in [5.74, 6) is -0.401. The topological polar surface area (TPSA) is 110 Å². The Morgan fingerprint density at radius 2 is 1.44 bits per heavy atom. The zero-order valence-corrected chi connectivity index (χ0v) is 26.9. The zero-order valence-electron chi connectivity index (χ0n) is 25.3. The first-order valence-corrected chi connectivity index (χ1v) is 16.6. The third-order valence-corrected chi connectivity index (χ3v) is 8.68. The molecule has 0 saturated heterocycles. The van der Waals surface area contributed by atoms with Crippen LogP contribution in [-0.2, 0) is 22.0 Å². The number of nitrogens with one attached hydrogen (secondary N) is 1. The van der Waals surface area contributed by atoms with Gasteiger partial charge in [-0.05, 0) is 63.9 Å². The highest BCUT2D eigenvalue weighted by Gasteiger charge is 2.22. The lowest BCUT2D eigenvalue weighted by Gasteiger charge is -2.21. The highest BCUT2D eigenvalue weighted by molar-refractivity contribution is 7.85. The molecule has 0 aliphatic rings. The molecule has 1 amide bonds. The van der Waals surface area contributed by atoms with Gasteiger partial charge in [-0.2, -0.15) is 8.42 Å². The van der Waals surface area contributed by atoms with Crippen molar-refractivity contribution in [2.24, 2.45) is 0 Å². The molecule has 1 atom stereocenters. The zero-order chi connectivity index (χ0) is 32.2. The second-order valence-corrected chi connectivity index (χ2v) is 14.1. The minimum atomic E-state index is -4.15. The third-order valence-electron chi connectivity index (χ3n) is 7.71. The maximum Gasteiger partial charge on any atom is 0.266 e. The molecule has 0 spiro atoms. The minimum Gasteiger partial charge on any atom is -0.356 e. The molecule has 5 aromatic rings. The van der Waals surface area contributed by atoms with Crippen molar-refractivity contribution in [3.05, 3.63) is 136 Å². The number of hydrogen-bond donors (Lipinski definition) is 2. The van der Waals surface area contributed by atoms with Gasteiger partial charge in [0.2, 0.25) is 0 Å². The Morgan fingerprint density at radius 3 is 2.02 bits per heavy atom. The first-order chi connectivity index (χ1) is 21.4. The molecule has 7 nitrogen and oxygen atoms in total. The molecule has 45 heavy (non-hydrogen) atoms. The lowest BCUT2D eigenvalue weighted by atomic mass is 9.83. The Labute approximate surface area is 269 Å². The number of hydrogen-bond acceptors (Lipinski definition) is 5. The Hall–Kier alpha value is -4.24. The van der Waals surface area contributed by atoms with Gasteiger partial charge in [-0.25, -0.2) is 0 Å². The van der Waals surface area contributed by atoms with Gasteiger partial charge >= 0.3 is 0 Å². The van der Waals surface area contributed by atoms with Crippen molar-refractivity contribution < 1.29 is 22.3 Å². The summed E-state index contributed by atoms with van der Waals surface area (Å²) in [5.41, 5.74) is 7.58. The summed E-state index contributed by atoms with van der Waals surface area (Å²) in [7, 11) is -4.15.